The number of nitro benzene ring substituents is 1. The number of carbonyl (C=O) groups excluding carboxylic acids is 1. The minimum absolute atomic E-state index is 0.0352. The number of fused-ring (bicyclic) bond motifs is 1. The van der Waals surface area contributed by atoms with Gasteiger partial charge in [0, 0.05) is 18.7 Å². The number of ketones is 1. The molecule has 108 valence electrons. The van der Waals surface area contributed by atoms with Gasteiger partial charge in [0.25, 0.3) is 11.5 Å². The average molecular weight is 288 g/mol. The van der Waals surface area contributed by atoms with Crippen LogP contribution in [0.5, 0.6) is 0 Å². The van der Waals surface area contributed by atoms with Gasteiger partial charge in [0.1, 0.15) is 0 Å². The molecule has 1 aromatic rings. The van der Waals surface area contributed by atoms with Crippen molar-refractivity contribution in [2.24, 2.45) is 0 Å². The van der Waals surface area contributed by atoms with Crippen LogP contribution in [0.4, 0.5) is 18.9 Å². The first kappa shape index (κ1) is 14.4. The minimum atomic E-state index is -4.87. The van der Waals surface area contributed by atoms with Crippen molar-refractivity contribution in [1.29, 1.82) is 0 Å². The van der Waals surface area contributed by atoms with Crippen LogP contribution >= 0.6 is 0 Å². The zero-order valence-corrected chi connectivity index (χ0v) is 10.2. The molecule has 1 heterocycles. The Bertz CT molecular complexity index is 557. The Morgan fingerprint density at radius 3 is 2.65 bits per heavy atom. The van der Waals surface area contributed by atoms with Gasteiger partial charge in [-0.1, -0.05) is 6.07 Å². The number of alkyl halides is 3. The molecule has 1 aliphatic rings. The molecule has 0 amide bonds. The lowest BCUT2D eigenvalue weighted by Gasteiger charge is -2.15. The van der Waals surface area contributed by atoms with Crippen molar-refractivity contribution in [2.75, 3.05) is 0 Å². The lowest BCUT2D eigenvalue weighted by Crippen LogP contribution is -2.43. The molecule has 0 saturated carbocycles. The molecular formula is C12H11F3N2O3. The first-order chi connectivity index (χ1) is 9.29. The smallest absolute Gasteiger partial charge is 0.303 e. The van der Waals surface area contributed by atoms with Crippen molar-refractivity contribution in [3.8, 4) is 0 Å². The fourth-order valence-corrected chi connectivity index (χ4v) is 2.19. The molecule has 8 heteroatoms. The van der Waals surface area contributed by atoms with Crippen molar-refractivity contribution in [3.05, 3.63) is 39.4 Å². The lowest BCUT2D eigenvalue weighted by atomic mass is 10.0. The first-order valence-corrected chi connectivity index (χ1v) is 5.89. The van der Waals surface area contributed by atoms with Crippen LogP contribution in [0.25, 0.3) is 0 Å². The molecule has 0 aromatic heterocycles. The lowest BCUT2D eigenvalue weighted by molar-refractivity contribution is -0.384. The Labute approximate surface area is 111 Å². The molecule has 1 unspecified atom stereocenters. The van der Waals surface area contributed by atoms with Crippen LogP contribution in [-0.4, -0.2) is 22.9 Å². The molecule has 20 heavy (non-hydrogen) atoms. The van der Waals surface area contributed by atoms with E-state index in [4.69, 9.17) is 0 Å². The number of aryl methyl sites for hydroxylation is 1. The van der Waals surface area contributed by atoms with E-state index in [0.717, 1.165) is 0 Å². The number of benzene rings is 1. The molecule has 1 aromatic carbocycles. The van der Waals surface area contributed by atoms with Gasteiger partial charge in [-0.15, -0.1) is 0 Å². The van der Waals surface area contributed by atoms with E-state index in [-0.39, 0.29) is 25.1 Å². The number of rotatable bonds is 2. The van der Waals surface area contributed by atoms with E-state index in [1.54, 1.807) is 0 Å². The number of hydrogen-bond acceptors (Lipinski definition) is 4. The van der Waals surface area contributed by atoms with Crippen LogP contribution in [0.2, 0.25) is 0 Å². The maximum Gasteiger partial charge on any atom is 0.451 e. The summed E-state index contributed by atoms with van der Waals surface area (Å²) >= 11 is 0. The maximum atomic E-state index is 12.4. The molecule has 2 rings (SSSR count). The van der Waals surface area contributed by atoms with Gasteiger partial charge >= 0.3 is 6.18 Å². The standard InChI is InChI=1S/C12H11F3N2O3/c13-12(14,15)11(18)10-4-2-7-5-9(17(19)20)3-1-8(7)6-16-10/h1,3,5,10,16H,2,4,6H2. The number of nitrogens with one attached hydrogen (secondary N) is 1. The third kappa shape index (κ3) is 2.96. The third-order valence-corrected chi connectivity index (χ3v) is 3.24. The maximum absolute atomic E-state index is 12.4. The molecule has 1 N–H and O–H groups in total. The van der Waals surface area contributed by atoms with Gasteiger partial charge in [-0.25, -0.2) is 0 Å². The van der Waals surface area contributed by atoms with Gasteiger partial charge in [-0.2, -0.15) is 13.2 Å². The molecule has 0 fully saturated rings. The number of carbonyl (C=O) groups is 1. The van der Waals surface area contributed by atoms with Crippen molar-refractivity contribution < 1.29 is 22.9 Å². The minimum Gasteiger partial charge on any atom is -0.303 e. The molecule has 5 nitrogen and oxygen atoms in total. The number of non-ortho nitro benzene ring substituents is 1. The highest BCUT2D eigenvalue weighted by Crippen LogP contribution is 2.25. The highest BCUT2D eigenvalue weighted by Gasteiger charge is 2.43. The number of nitrogens with zero attached hydrogens (tertiary/aromatic N) is 1. The van der Waals surface area contributed by atoms with Gasteiger partial charge in [-0.3, -0.25) is 14.9 Å². The summed E-state index contributed by atoms with van der Waals surface area (Å²) in [6.45, 7) is 0.0831. The average Bonchev–Trinajstić information content (AvgIpc) is 2.58. The summed E-state index contributed by atoms with van der Waals surface area (Å²) in [7, 11) is 0. The predicted octanol–water partition coefficient (Wildman–Crippen LogP) is 2.13. The molecule has 0 aliphatic carbocycles. The van der Waals surface area contributed by atoms with Crippen LogP contribution in [-0.2, 0) is 17.8 Å². The quantitative estimate of drug-likeness (QED) is 0.668. The number of nitro groups is 1. The van der Waals surface area contributed by atoms with Gasteiger partial charge in [-0.05, 0) is 24.0 Å². The zero-order valence-electron chi connectivity index (χ0n) is 10.2. The van der Waals surface area contributed by atoms with E-state index in [1.807, 2.05) is 0 Å². The second kappa shape index (κ2) is 5.20. The van der Waals surface area contributed by atoms with Crippen molar-refractivity contribution >= 4 is 11.5 Å². The Kier molecular flexibility index (Phi) is 3.76. The fraction of sp³-hybridized carbons (Fsp3) is 0.417. The van der Waals surface area contributed by atoms with Crippen LogP contribution < -0.4 is 5.32 Å². The largest absolute Gasteiger partial charge is 0.451 e. The number of hydrogen-bond donors (Lipinski definition) is 1. The summed E-state index contributed by atoms with van der Waals surface area (Å²) in [4.78, 5) is 21.3. The molecule has 0 spiro atoms. The highest BCUT2D eigenvalue weighted by molar-refractivity contribution is 5.89. The normalized spacial score (nSPS) is 19.1. The summed E-state index contributed by atoms with van der Waals surface area (Å²) in [6, 6.07) is 2.84. The van der Waals surface area contributed by atoms with Crippen LogP contribution in [0.15, 0.2) is 18.2 Å². The van der Waals surface area contributed by atoms with E-state index in [2.05, 4.69) is 5.32 Å². The molecular weight excluding hydrogens is 277 g/mol. The molecule has 1 aliphatic heterocycles. The zero-order chi connectivity index (χ0) is 14.9. The Balaban J connectivity index is 2.19. The van der Waals surface area contributed by atoms with Crippen LogP contribution in [0.3, 0.4) is 0 Å². The second-order valence-electron chi connectivity index (χ2n) is 4.54. The molecule has 0 bridgehead atoms. The van der Waals surface area contributed by atoms with Crippen molar-refractivity contribution in [2.45, 2.75) is 31.6 Å². The Morgan fingerprint density at radius 2 is 2.05 bits per heavy atom. The third-order valence-electron chi connectivity index (χ3n) is 3.24. The monoisotopic (exact) mass is 288 g/mol. The van der Waals surface area contributed by atoms with Crippen LogP contribution in [0, 0.1) is 10.1 Å². The van der Waals surface area contributed by atoms with Gasteiger partial charge in [0.05, 0.1) is 11.0 Å². The second-order valence-corrected chi connectivity index (χ2v) is 4.54. The molecule has 0 radical (unpaired) electrons. The SMILES string of the molecule is O=C(C1CCc2cc([N+](=O)[O-])ccc2CN1)C(F)(F)F. The van der Waals surface area contributed by atoms with E-state index in [0.29, 0.717) is 11.1 Å². The Morgan fingerprint density at radius 1 is 1.35 bits per heavy atom. The molecule has 1 atom stereocenters. The van der Waals surface area contributed by atoms with Gasteiger partial charge in [0.2, 0.25) is 0 Å². The topological polar surface area (TPSA) is 72.2 Å². The number of Topliss-reactive ketones (excluding diaryl/α,β-unsaturated/α-hetero) is 1. The van der Waals surface area contributed by atoms with Crippen molar-refractivity contribution in [1.82, 2.24) is 5.32 Å². The summed E-state index contributed by atoms with van der Waals surface area (Å²) in [5.74, 6) is -1.81. The highest BCUT2D eigenvalue weighted by atomic mass is 19.4. The van der Waals surface area contributed by atoms with E-state index in [9.17, 15) is 28.1 Å². The van der Waals surface area contributed by atoms with Crippen molar-refractivity contribution in [3.63, 3.8) is 0 Å². The fourth-order valence-electron chi connectivity index (χ4n) is 2.19. The van der Waals surface area contributed by atoms with E-state index < -0.39 is 22.9 Å². The first-order valence-electron chi connectivity index (χ1n) is 5.89. The van der Waals surface area contributed by atoms with Gasteiger partial charge in [0.15, 0.2) is 0 Å². The summed E-state index contributed by atoms with van der Waals surface area (Å²) in [5.41, 5.74) is 1.17. The van der Waals surface area contributed by atoms with Gasteiger partial charge < -0.3 is 5.32 Å². The summed E-state index contributed by atoms with van der Waals surface area (Å²) < 4.78 is 37.2. The predicted molar refractivity (Wildman–Crippen MR) is 63.1 cm³/mol. The summed E-state index contributed by atoms with van der Waals surface area (Å²) in [6.07, 6.45) is -4.72. The van der Waals surface area contributed by atoms with E-state index in [1.165, 1.54) is 18.2 Å². The van der Waals surface area contributed by atoms with Crippen LogP contribution in [0.1, 0.15) is 17.5 Å². The summed E-state index contributed by atoms with van der Waals surface area (Å²) in [5, 5.41) is 13.2. The number of halogens is 3. The van der Waals surface area contributed by atoms with E-state index >= 15 is 0 Å². The molecule has 0 saturated heterocycles. The Hall–Kier alpha value is -1.96.